The lowest BCUT2D eigenvalue weighted by Gasteiger charge is -2.22. The zero-order chi connectivity index (χ0) is 30.2. The van der Waals surface area contributed by atoms with E-state index in [-0.39, 0.29) is 40.0 Å². The molecule has 0 bridgehead atoms. The van der Waals surface area contributed by atoms with Crippen LogP contribution in [-0.2, 0) is 14.6 Å². The van der Waals surface area contributed by atoms with Crippen molar-refractivity contribution in [3.63, 3.8) is 0 Å². The summed E-state index contributed by atoms with van der Waals surface area (Å²) in [6.45, 7) is 6.71. The van der Waals surface area contributed by atoms with E-state index < -0.39 is 33.6 Å². The number of para-hydroxylation sites is 1. The Morgan fingerprint density at radius 2 is 1.66 bits per heavy atom. The molecule has 0 saturated heterocycles. The van der Waals surface area contributed by atoms with Crippen LogP contribution in [-0.4, -0.2) is 68.4 Å². The number of ether oxygens (including phenoxy) is 2. The van der Waals surface area contributed by atoms with Gasteiger partial charge in [-0.1, -0.05) is 13.0 Å². The SMILES string of the molecule is CCC(=O)Oc1c(Nc2nc(N(CC)CC)ncc2NCS(=O)(=O)c2ccc(F)cc2)cccc1OC(=O)N(C)C. The van der Waals surface area contributed by atoms with Crippen LogP contribution in [0.25, 0.3) is 0 Å². The number of carbonyl (C=O) groups excluding carboxylic acids is 2. The van der Waals surface area contributed by atoms with E-state index in [1.54, 1.807) is 19.1 Å². The van der Waals surface area contributed by atoms with Crippen LogP contribution in [0.15, 0.2) is 53.6 Å². The molecular formula is C27H33FN6O6S. The van der Waals surface area contributed by atoms with E-state index >= 15 is 0 Å². The lowest BCUT2D eigenvalue weighted by molar-refractivity contribution is -0.134. The van der Waals surface area contributed by atoms with Crippen molar-refractivity contribution in [3.8, 4) is 11.5 Å². The number of esters is 1. The summed E-state index contributed by atoms with van der Waals surface area (Å²) in [6.07, 6.45) is 0.801. The summed E-state index contributed by atoms with van der Waals surface area (Å²) in [5, 5.41) is 5.91. The van der Waals surface area contributed by atoms with E-state index in [1.807, 2.05) is 18.7 Å². The number of sulfone groups is 1. The quantitative estimate of drug-likeness (QED) is 0.176. The number of nitrogens with zero attached hydrogens (tertiary/aromatic N) is 4. The summed E-state index contributed by atoms with van der Waals surface area (Å²) < 4.78 is 50.1. The molecule has 3 rings (SSSR count). The molecule has 2 aromatic carbocycles. The van der Waals surface area contributed by atoms with Crippen LogP contribution in [0.5, 0.6) is 11.5 Å². The first-order valence-electron chi connectivity index (χ1n) is 12.8. The molecule has 1 amide bonds. The highest BCUT2D eigenvalue weighted by Gasteiger charge is 2.22. The van der Waals surface area contributed by atoms with Gasteiger partial charge in [-0.2, -0.15) is 4.98 Å². The van der Waals surface area contributed by atoms with E-state index in [0.717, 1.165) is 12.1 Å². The zero-order valence-corrected chi connectivity index (χ0v) is 24.3. The fourth-order valence-electron chi connectivity index (χ4n) is 3.45. The lowest BCUT2D eigenvalue weighted by Crippen LogP contribution is -2.26. The van der Waals surface area contributed by atoms with Crippen LogP contribution in [0, 0.1) is 5.82 Å². The Kier molecular flexibility index (Phi) is 10.4. The van der Waals surface area contributed by atoms with E-state index in [0.29, 0.717) is 19.0 Å². The van der Waals surface area contributed by atoms with Crippen molar-refractivity contribution >= 4 is 45.0 Å². The second kappa shape index (κ2) is 13.7. The maximum absolute atomic E-state index is 13.3. The number of carbonyl (C=O) groups is 2. The molecule has 41 heavy (non-hydrogen) atoms. The van der Waals surface area contributed by atoms with Crippen molar-refractivity contribution in [3.05, 3.63) is 54.5 Å². The third-order valence-corrected chi connectivity index (χ3v) is 7.26. The van der Waals surface area contributed by atoms with Crippen LogP contribution >= 0.6 is 0 Å². The second-order valence-corrected chi connectivity index (χ2v) is 10.8. The summed E-state index contributed by atoms with van der Waals surface area (Å²) in [5.41, 5.74) is 0.444. The summed E-state index contributed by atoms with van der Waals surface area (Å²) in [5.74, 6) is -1.20. The largest absolute Gasteiger partial charge is 0.420 e. The van der Waals surface area contributed by atoms with Crippen molar-refractivity contribution in [2.45, 2.75) is 32.1 Å². The van der Waals surface area contributed by atoms with Crippen LogP contribution in [0.1, 0.15) is 27.2 Å². The molecule has 0 fully saturated rings. The molecule has 1 heterocycles. The average Bonchev–Trinajstić information content (AvgIpc) is 2.95. The fourth-order valence-corrected chi connectivity index (χ4v) is 4.52. The smallest absolute Gasteiger partial charge is 0.414 e. The normalized spacial score (nSPS) is 11.0. The first-order chi connectivity index (χ1) is 19.5. The van der Waals surface area contributed by atoms with Crippen molar-refractivity contribution in [1.29, 1.82) is 0 Å². The second-order valence-electron chi connectivity index (χ2n) is 8.84. The highest BCUT2D eigenvalue weighted by atomic mass is 32.2. The van der Waals surface area contributed by atoms with Gasteiger partial charge in [-0.3, -0.25) is 4.79 Å². The molecule has 0 unspecified atom stereocenters. The number of amides is 1. The number of anilines is 4. The predicted molar refractivity (Wildman–Crippen MR) is 153 cm³/mol. The molecule has 0 atom stereocenters. The van der Waals surface area contributed by atoms with Gasteiger partial charge in [0, 0.05) is 33.6 Å². The van der Waals surface area contributed by atoms with Crippen molar-refractivity contribution in [2.24, 2.45) is 0 Å². The van der Waals surface area contributed by atoms with Crippen molar-refractivity contribution < 1.29 is 31.9 Å². The first kappa shape index (κ1) is 31.1. The zero-order valence-electron chi connectivity index (χ0n) is 23.5. The number of halogens is 1. The minimum Gasteiger partial charge on any atom is -0.420 e. The van der Waals surface area contributed by atoms with E-state index in [9.17, 15) is 22.4 Å². The van der Waals surface area contributed by atoms with Gasteiger partial charge in [-0.05, 0) is 50.2 Å². The maximum Gasteiger partial charge on any atom is 0.414 e. The molecule has 2 N–H and O–H groups in total. The van der Waals surface area contributed by atoms with E-state index in [1.165, 1.54) is 43.4 Å². The van der Waals surface area contributed by atoms with Gasteiger partial charge in [-0.25, -0.2) is 22.6 Å². The van der Waals surface area contributed by atoms with Crippen LogP contribution in [0.4, 0.5) is 32.3 Å². The van der Waals surface area contributed by atoms with Gasteiger partial charge in [-0.15, -0.1) is 0 Å². The monoisotopic (exact) mass is 588 g/mol. The Labute approximate surface area is 238 Å². The molecule has 0 radical (unpaired) electrons. The van der Waals surface area contributed by atoms with Gasteiger partial charge in [0.1, 0.15) is 11.7 Å². The maximum atomic E-state index is 13.3. The molecule has 0 aliphatic heterocycles. The summed E-state index contributed by atoms with van der Waals surface area (Å²) in [7, 11) is -0.840. The molecule has 220 valence electrons. The summed E-state index contributed by atoms with van der Waals surface area (Å²) >= 11 is 0. The number of nitrogens with one attached hydrogen (secondary N) is 2. The number of aromatic nitrogens is 2. The molecule has 14 heteroatoms. The molecular weight excluding hydrogens is 555 g/mol. The number of hydrogen-bond acceptors (Lipinski definition) is 11. The molecule has 12 nitrogen and oxygen atoms in total. The topological polar surface area (TPSA) is 143 Å². The Morgan fingerprint density at radius 3 is 2.27 bits per heavy atom. The first-order valence-corrected chi connectivity index (χ1v) is 14.5. The Balaban J connectivity index is 2.04. The third kappa shape index (κ3) is 8.03. The predicted octanol–water partition coefficient (Wildman–Crippen LogP) is 4.42. The average molecular weight is 589 g/mol. The van der Waals surface area contributed by atoms with Crippen molar-refractivity contribution in [1.82, 2.24) is 14.9 Å². The minimum atomic E-state index is -3.86. The minimum absolute atomic E-state index is 0.0121. The highest BCUT2D eigenvalue weighted by molar-refractivity contribution is 7.91. The van der Waals surface area contributed by atoms with Gasteiger partial charge in [0.2, 0.25) is 5.95 Å². The molecule has 1 aromatic heterocycles. The van der Waals surface area contributed by atoms with Crippen LogP contribution in [0.2, 0.25) is 0 Å². The van der Waals surface area contributed by atoms with E-state index in [2.05, 4.69) is 20.6 Å². The standard InChI is InChI=1S/C27H33FN6O6S/c1-6-23(35)40-24-20(10-9-11-22(24)39-27(36)33(4)5)31-25-21(16-29-26(32-25)34(7-2)8-3)30-17-41(37,38)19-14-12-18(28)13-15-19/h9-16,30H,6-8,17H2,1-5H3,(H,29,31,32). The highest BCUT2D eigenvalue weighted by Crippen LogP contribution is 2.39. The van der Waals surface area contributed by atoms with Crippen LogP contribution in [0.3, 0.4) is 0 Å². The van der Waals surface area contributed by atoms with Gasteiger partial charge in [0.05, 0.1) is 22.5 Å². The molecule has 0 aliphatic carbocycles. The van der Waals surface area contributed by atoms with E-state index in [4.69, 9.17) is 9.47 Å². The molecule has 0 aliphatic rings. The summed E-state index contributed by atoms with van der Waals surface area (Å²) in [6, 6.07) is 9.14. The van der Waals surface area contributed by atoms with Crippen molar-refractivity contribution in [2.75, 3.05) is 48.6 Å². The number of hydrogen-bond donors (Lipinski definition) is 2. The Hall–Kier alpha value is -4.46. The molecule has 0 spiro atoms. The summed E-state index contributed by atoms with van der Waals surface area (Å²) in [4.78, 5) is 36.6. The Bertz CT molecular complexity index is 1480. The number of rotatable bonds is 12. The number of benzene rings is 2. The third-order valence-electron chi connectivity index (χ3n) is 5.75. The lowest BCUT2D eigenvalue weighted by atomic mass is 10.2. The van der Waals surface area contributed by atoms with Gasteiger partial charge >= 0.3 is 12.1 Å². The van der Waals surface area contributed by atoms with Gasteiger partial charge in [0.15, 0.2) is 27.2 Å². The fraction of sp³-hybridized carbons (Fsp3) is 0.333. The molecule has 0 saturated carbocycles. The van der Waals surface area contributed by atoms with Crippen LogP contribution < -0.4 is 25.0 Å². The Morgan fingerprint density at radius 1 is 0.976 bits per heavy atom. The molecule has 3 aromatic rings. The van der Waals surface area contributed by atoms with Gasteiger partial charge in [0.25, 0.3) is 0 Å². The van der Waals surface area contributed by atoms with Gasteiger partial charge < -0.3 is 29.9 Å².